The normalized spacial score (nSPS) is 12.4. The Morgan fingerprint density at radius 2 is 1.68 bits per heavy atom. The number of amides is 1. The molecular formula is C27H24N4O3. The zero-order valence-electron chi connectivity index (χ0n) is 18.8. The molecule has 0 unspecified atom stereocenters. The topological polar surface area (TPSA) is 71.6 Å². The molecule has 2 heterocycles. The summed E-state index contributed by atoms with van der Waals surface area (Å²) in [6.45, 7) is 1.22. The van der Waals surface area contributed by atoms with Gasteiger partial charge in [-0.05, 0) is 41.8 Å². The van der Waals surface area contributed by atoms with Gasteiger partial charge in [-0.25, -0.2) is 0 Å². The van der Waals surface area contributed by atoms with Crippen LogP contribution >= 0.6 is 0 Å². The summed E-state index contributed by atoms with van der Waals surface area (Å²) in [5.41, 5.74) is 5.52. The number of aromatic nitrogens is 1. The standard InChI is InChI=1S/C27H24N4O3/c1-28-19-24(17-26(28)27(32)29-16-15-21-9-5-6-10-25(21)29)30(18-20-7-3-2-4-8-20)22-11-13-23(14-12-22)31(33)34/h2-14,17,19H,15-16,18H2,1H3. The van der Waals surface area contributed by atoms with E-state index in [4.69, 9.17) is 0 Å². The molecule has 0 spiro atoms. The van der Waals surface area contributed by atoms with Gasteiger partial charge < -0.3 is 14.4 Å². The summed E-state index contributed by atoms with van der Waals surface area (Å²) in [4.78, 5) is 28.1. The van der Waals surface area contributed by atoms with Crippen molar-refractivity contribution in [1.82, 2.24) is 4.57 Å². The summed E-state index contributed by atoms with van der Waals surface area (Å²) in [6, 6.07) is 26.4. The lowest BCUT2D eigenvalue weighted by molar-refractivity contribution is -0.384. The number of nitrogens with zero attached hydrogens (tertiary/aromatic N) is 4. The number of non-ortho nitro benzene ring substituents is 1. The number of nitro groups is 1. The van der Waals surface area contributed by atoms with Gasteiger partial charge in [-0.2, -0.15) is 0 Å². The van der Waals surface area contributed by atoms with Crippen molar-refractivity contribution in [1.29, 1.82) is 0 Å². The lowest BCUT2D eigenvalue weighted by Crippen LogP contribution is -2.30. The zero-order chi connectivity index (χ0) is 23.7. The first kappa shape index (κ1) is 21.5. The van der Waals surface area contributed by atoms with Crippen LogP contribution in [0.3, 0.4) is 0 Å². The van der Waals surface area contributed by atoms with Crippen molar-refractivity contribution in [2.75, 3.05) is 16.3 Å². The second-order valence-electron chi connectivity index (χ2n) is 8.38. The molecule has 5 rings (SSSR count). The lowest BCUT2D eigenvalue weighted by atomic mass is 10.1. The Morgan fingerprint density at radius 3 is 2.41 bits per heavy atom. The number of rotatable bonds is 6. The van der Waals surface area contributed by atoms with E-state index in [0.717, 1.165) is 29.0 Å². The first-order chi connectivity index (χ1) is 16.5. The number of hydrogen-bond donors (Lipinski definition) is 0. The van der Waals surface area contributed by atoms with Crippen molar-refractivity contribution >= 4 is 28.7 Å². The SMILES string of the molecule is Cn1cc(N(Cc2ccccc2)c2ccc([N+](=O)[O-])cc2)cc1C(=O)N1CCc2ccccc21. The van der Waals surface area contributed by atoms with E-state index in [1.165, 1.54) is 17.7 Å². The average molecular weight is 453 g/mol. The Hall–Kier alpha value is -4.39. The molecule has 0 atom stereocenters. The molecule has 0 radical (unpaired) electrons. The summed E-state index contributed by atoms with van der Waals surface area (Å²) in [5, 5.41) is 11.1. The van der Waals surface area contributed by atoms with Crippen molar-refractivity contribution < 1.29 is 9.72 Å². The average Bonchev–Trinajstić information content (AvgIpc) is 3.46. The molecule has 0 fully saturated rings. The Labute approximate surface area is 197 Å². The van der Waals surface area contributed by atoms with E-state index in [2.05, 4.69) is 11.0 Å². The van der Waals surface area contributed by atoms with Crippen LogP contribution in [0, 0.1) is 10.1 Å². The van der Waals surface area contributed by atoms with E-state index in [1.807, 2.05) is 77.3 Å². The minimum atomic E-state index is -0.404. The van der Waals surface area contributed by atoms with Crippen LogP contribution in [0.15, 0.2) is 91.1 Å². The first-order valence-corrected chi connectivity index (χ1v) is 11.1. The van der Waals surface area contributed by atoms with Crippen LogP contribution in [0.5, 0.6) is 0 Å². The van der Waals surface area contributed by atoms with Crippen LogP contribution in [0.1, 0.15) is 21.6 Å². The monoisotopic (exact) mass is 452 g/mol. The number of benzene rings is 3. The minimum Gasteiger partial charge on any atom is -0.344 e. The molecular weight excluding hydrogens is 428 g/mol. The molecule has 0 saturated carbocycles. The molecule has 7 heteroatoms. The molecule has 4 aromatic rings. The highest BCUT2D eigenvalue weighted by atomic mass is 16.6. The Bertz CT molecular complexity index is 1350. The molecule has 0 aliphatic carbocycles. The number of carbonyl (C=O) groups is 1. The smallest absolute Gasteiger partial charge is 0.274 e. The quantitative estimate of drug-likeness (QED) is 0.287. The van der Waals surface area contributed by atoms with Crippen molar-refractivity contribution in [3.63, 3.8) is 0 Å². The van der Waals surface area contributed by atoms with Crippen LogP contribution in [0.25, 0.3) is 0 Å². The summed E-state index contributed by atoms with van der Waals surface area (Å²) in [6.07, 6.45) is 2.78. The van der Waals surface area contributed by atoms with Crippen molar-refractivity contribution in [2.45, 2.75) is 13.0 Å². The molecule has 0 bridgehead atoms. The first-order valence-electron chi connectivity index (χ1n) is 11.1. The number of hydrogen-bond acceptors (Lipinski definition) is 4. The van der Waals surface area contributed by atoms with Gasteiger partial charge in [-0.15, -0.1) is 0 Å². The van der Waals surface area contributed by atoms with Crippen LogP contribution < -0.4 is 9.80 Å². The summed E-state index contributed by atoms with van der Waals surface area (Å²) < 4.78 is 1.85. The molecule has 34 heavy (non-hydrogen) atoms. The third-order valence-electron chi connectivity index (χ3n) is 6.21. The molecule has 0 N–H and O–H groups in total. The van der Waals surface area contributed by atoms with Gasteiger partial charge in [0.1, 0.15) is 5.69 Å². The Morgan fingerprint density at radius 1 is 0.971 bits per heavy atom. The highest BCUT2D eigenvalue weighted by Gasteiger charge is 2.27. The summed E-state index contributed by atoms with van der Waals surface area (Å²) >= 11 is 0. The maximum absolute atomic E-state index is 13.5. The van der Waals surface area contributed by atoms with Gasteiger partial charge in [0.2, 0.25) is 0 Å². The van der Waals surface area contributed by atoms with Gasteiger partial charge in [0.05, 0.1) is 10.6 Å². The van der Waals surface area contributed by atoms with E-state index >= 15 is 0 Å². The predicted molar refractivity (Wildman–Crippen MR) is 133 cm³/mol. The van der Waals surface area contributed by atoms with Crippen LogP contribution in [0.4, 0.5) is 22.7 Å². The van der Waals surface area contributed by atoms with Gasteiger partial charge >= 0.3 is 0 Å². The Kier molecular flexibility index (Phi) is 5.59. The Balaban J connectivity index is 1.50. The van der Waals surface area contributed by atoms with Crippen molar-refractivity contribution in [3.05, 3.63) is 118 Å². The molecule has 1 amide bonds. The number of para-hydroxylation sites is 1. The second kappa shape index (κ2) is 8.86. The number of fused-ring (bicyclic) bond motifs is 1. The molecule has 1 aliphatic rings. The van der Waals surface area contributed by atoms with Gasteiger partial charge in [0.15, 0.2) is 0 Å². The fraction of sp³-hybridized carbons (Fsp3) is 0.148. The fourth-order valence-electron chi connectivity index (χ4n) is 4.45. The van der Waals surface area contributed by atoms with Gasteiger partial charge in [-0.1, -0.05) is 48.5 Å². The minimum absolute atomic E-state index is 0.0398. The number of carbonyl (C=O) groups excluding carboxylic acids is 1. The largest absolute Gasteiger partial charge is 0.344 e. The van der Waals surface area contributed by atoms with Crippen LogP contribution in [-0.2, 0) is 20.0 Å². The summed E-state index contributed by atoms with van der Waals surface area (Å²) in [7, 11) is 1.87. The maximum Gasteiger partial charge on any atom is 0.274 e. The summed E-state index contributed by atoms with van der Waals surface area (Å²) in [5.74, 6) is -0.0398. The maximum atomic E-state index is 13.5. The van der Waals surface area contributed by atoms with E-state index < -0.39 is 4.92 Å². The van der Waals surface area contributed by atoms with Crippen molar-refractivity contribution in [2.24, 2.45) is 7.05 Å². The van der Waals surface area contributed by atoms with E-state index in [9.17, 15) is 14.9 Å². The number of anilines is 3. The van der Waals surface area contributed by atoms with Gasteiger partial charge in [-0.3, -0.25) is 14.9 Å². The highest BCUT2D eigenvalue weighted by Crippen LogP contribution is 2.33. The zero-order valence-corrected chi connectivity index (χ0v) is 18.8. The predicted octanol–water partition coefficient (Wildman–Crippen LogP) is 5.47. The van der Waals surface area contributed by atoms with Crippen LogP contribution in [0.2, 0.25) is 0 Å². The molecule has 170 valence electrons. The third kappa shape index (κ3) is 4.03. The molecule has 7 nitrogen and oxygen atoms in total. The van der Waals surface area contributed by atoms with E-state index in [0.29, 0.717) is 18.8 Å². The third-order valence-corrected chi connectivity index (χ3v) is 6.21. The van der Waals surface area contributed by atoms with Gasteiger partial charge in [0.25, 0.3) is 11.6 Å². The molecule has 0 saturated heterocycles. The van der Waals surface area contributed by atoms with Crippen LogP contribution in [-0.4, -0.2) is 21.9 Å². The molecule has 1 aliphatic heterocycles. The van der Waals surface area contributed by atoms with Crippen molar-refractivity contribution in [3.8, 4) is 0 Å². The second-order valence-corrected chi connectivity index (χ2v) is 8.38. The number of aryl methyl sites for hydroxylation is 1. The molecule has 3 aromatic carbocycles. The highest BCUT2D eigenvalue weighted by molar-refractivity contribution is 6.07. The fourth-order valence-corrected chi connectivity index (χ4v) is 4.45. The van der Waals surface area contributed by atoms with Gasteiger partial charge in [0, 0.05) is 49.8 Å². The van der Waals surface area contributed by atoms with E-state index in [1.54, 1.807) is 12.1 Å². The number of nitro benzene ring substituents is 1. The lowest BCUT2D eigenvalue weighted by Gasteiger charge is -2.24. The molecule has 1 aromatic heterocycles. The van der Waals surface area contributed by atoms with E-state index in [-0.39, 0.29) is 11.6 Å².